The van der Waals surface area contributed by atoms with Crippen LogP contribution in [0.1, 0.15) is 26.2 Å². The maximum Gasteiger partial charge on any atom is 0.318 e. The first-order chi connectivity index (χ1) is 8.56. The van der Waals surface area contributed by atoms with Gasteiger partial charge in [0.05, 0.1) is 6.04 Å². The molecule has 6 heteroatoms. The lowest BCUT2D eigenvalue weighted by atomic mass is 10.1. The Kier molecular flexibility index (Phi) is 4.19. The Labute approximate surface area is 107 Å². The zero-order chi connectivity index (χ0) is 13.1. The number of likely N-dealkylation sites (tertiary alicyclic amines) is 1. The van der Waals surface area contributed by atoms with Gasteiger partial charge < -0.3 is 16.0 Å². The van der Waals surface area contributed by atoms with E-state index in [-0.39, 0.29) is 11.9 Å². The molecule has 2 fully saturated rings. The van der Waals surface area contributed by atoms with Crippen molar-refractivity contribution in [3.63, 3.8) is 0 Å². The molecule has 4 N–H and O–H groups in total. The van der Waals surface area contributed by atoms with Crippen LogP contribution in [0.5, 0.6) is 0 Å². The van der Waals surface area contributed by atoms with Gasteiger partial charge in [-0.25, -0.2) is 4.79 Å². The highest BCUT2D eigenvalue weighted by Crippen LogP contribution is 2.31. The first-order valence-electron chi connectivity index (χ1n) is 6.64. The van der Waals surface area contributed by atoms with Crippen molar-refractivity contribution in [3.05, 3.63) is 0 Å². The highest BCUT2D eigenvalue weighted by atomic mass is 16.2. The molecule has 2 unspecified atom stereocenters. The van der Waals surface area contributed by atoms with E-state index >= 15 is 0 Å². The fourth-order valence-electron chi connectivity index (χ4n) is 2.47. The van der Waals surface area contributed by atoms with Crippen molar-refractivity contribution in [2.45, 2.75) is 38.3 Å². The van der Waals surface area contributed by atoms with Crippen molar-refractivity contribution >= 4 is 11.9 Å². The predicted octanol–water partition coefficient (Wildman–Crippen LogP) is -0.356. The summed E-state index contributed by atoms with van der Waals surface area (Å²) in [5.74, 6) is 0.244. The lowest BCUT2D eigenvalue weighted by Crippen LogP contribution is -2.47. The lowest BCUT2D eigenvalue weighted by molar-refractivity contribution is -0.121. The summed E-state index contributed by atoms with van der Waals surface area (Å²) in [4.78, 5) is 24.6. The van der Waals surface area contributed by atoms with Crippen LogP contribution in [-0.4, -0.2) is 48.6 Å². The number of nitrogens with one attached hydrogen (secondary N) is 2. The third kappa shape index (κ3) is 3.68. The second-order valence-corrected chi connectivity index (χ2v) is 5.36. The minimum atomic E-state index is -0.797. The van der Waals surface area contributed by atoms with Crippen molar-refractivity contribution in [3.8, 4) is 0 Å². The van der Waals surface area contributed by atoms with Crippen molar-refractivity contribution in [2.24, 2.45) is 11.7 Å². The maximum atomic E-state index is 11.5. The van der Waals surface area contributed by atoms with Crippen LogP contribution in [0, 0.1) is 5.92 Å². The van der Waals surface area contributed by atoms with Gasteiger partial charge in [-0.15, -0.1) is 0 Å². The topological polar surface area (TPSA) is 87.5 Å². The Balaban J connectivity index is 1.65. The molecule has 0 bridgehead atoms. The third-order valence-electron chi connectivity index (χ3n) is 3.73. The highest BCUT2D eigenvalue weighted by Gasteiger charge is 2.34. The molecule has 6 nitrogen and oxygen atoms in total. The van der Waals surface area contributed by atoms with Crippen LogP contribution in [0.25, 0.3) is 0 Å². The van der Waals surface area contributed by atoms with Crippen LogP contribution >= 0.6 is 0 Å². The van der Waals surface area contributed by atoms with Gasteiger partial charge in [-0.2, -0.15) is 0 Å². The van der Waals surface area contributed by atoms with E-state index in [0.717, 1.165) is 19.1 Å². The summed E-state index contributed by atoms with van der Waals surface area (Å²) >= 11 is 0. The number of primary amides is 1. The Morgan fingerprint density at radius 3 is 2.72 bits per heavy atom. The highest BCUT2D eigenvalue weighted by molar-refractivity contribution is 5.96. The smallest absolute Gasteiger partial charge is 0.318 e. The molecule has 2 aliphatic rings. The van der Waals surface area contributed by atoms with Crippen molar-refractivity contribution in [1.82, 2.24) is 15.5 Å². The Hall–Kier alpha value is -1.14. The number of carbonyl (C=O) groups is 2. The first-order valence-corrected chi connectivity index (χ1v) is 6.64. The lowest BCUT2D eigenvalue weighted by Gasteiger charge is -2.17. The second kappa shape index (κ2) is 5.67. The third-order valence-corrected chi connectivity index (χ3v) is 3.73. The van der Waals surface area contributed by atoms with Crippen molar-refractivity contribution in [2.75, 3.05) is 19.6 Å². The molecule has 2 atom stereocenters. The van der Waals surface area contributed by atoms with E-state index in [0.29, 0.717) is 5.92 Å². The fraction of sp³-hybridized carbons (Fsp3) is 0.833. The van der Waals surface area contributed by atoms with E-state index < -0.39 is 6.03 Å². The molecule has 18 heavy (non-hydrogen) atoms. The standard InChI is InChI=1S/C12H22N4O2/c1-8(11(17)15-12(13)18)14-6-9-4-5-16(7-9)10-2-3-10/h8-10,14H,2-7H2,1H3,(H3,13,15,17,18). The van der Waals surface area contributed by atoms with E-state index in [2.05, 4.69) is 15.5 Å². The fourth-order valence-corrected chi connectivity index (χ4v) is 2.47. The summed E-state index contributed by atoms with van der Waals surface area (Å²) in [6.45, 7) is 4.86. The van der Waals surface area contributed by atoms with E-state index in [9.17, 15) is 9.59 Å². The molecular weight excluding hydrogens is 232 g/mol. The van der Waals surface area contributed by atoms with Crippen molar-refractivity contribution in [1.29, 1.82) is 0 Å². The Bertz CT molecular complexity index is 330. The molecule has 1 saturated heterocycles. The normalized spacial score (nSPS) is 25.9. The average molecular weight is 254 g/mol. The molecule has 1 aliphatic carbocycles. The minimum absolute atomic E-state index is 0.362. The van der Waals surface area contributed by atoms with Gasteiger partial charge in [0.1, 0.15) is 0 Å². The number of amides is 3. The van der Waals surface area contributed by atoms with Crippen LogP contribution in [0.3, 0.4) is 0 Å². The van der Waals surface area contributed by atoms with E-state index in [1.807, 2.05) is 0 Å². The minimum Gasteiger partial charge on any atom is -0.351 e. The molecule has 1 heterocycles. The molecule has 0 aromatic carbocycles. The van der Waals surface area contributed by atoms with Gasteiger partial charge in [0.15, 0.2) is 0 Å². The number of carbonyl (C=O) groups excluding carboxylic acids is 2. The monoisotopic (exact) mass is 254 g/mol. The number of nitrogens with zero attached hydrogens (tertiary/aromatic N) is 1. The summed E-state index contributed by atoms with van der Waals surface area (Å²) in [7, 11) is 0. The molecule has 2 rings (SSSR count). The maximum absolute atomic E-state index is 11.5. The van der Waals surface area contributed by atoms with E-state index in [1.54, 1.807) is 6.92 Å². The van der Waals surface area contributed by atoms with Gasteiger partial charge in [-0.05, 0) is 45.2 Å². The number of nitrogens with two attached hydrogens (primary N) is 1. The number of hydrogen-bond donors (Lipinski definition) is 3. The summed E-state index contributed by atoms with van der Waals surface area (Å²) in [6.07, 6.45) is 3.88. The molecule has 1 aliphatic heterocycles. The molecule has 0 radical (unpaired) electrons. The molecule has 0 aromatic heterocycles. The quantitative estimate of drug-likeness (QED) is 0.625. The largest absolute Gasteiger partial charge is 0.351 e. The van der Waals surface area contributed by atoms with Gasteiger partial charge >= 0.3 is 6.03 Å². The molecule has 1 saturated carbocycles. The van der Waals surface area contributed by atoms with Crippen LogP contribution < -0.4 is 16.4 Å². The summed E-state index contributed by atoms with van der Waals surface area (Å²) < 4.78 is 0. The van der Waals surface area contributed by atoms with E-state index in [4.69, 9.17) is 5.73 Å². The van der Waals surface area contributed by atoms with E-state index in [1.165, 1.54) is 25.8 Å². The van der Waals surface area contributed by atoms with Crippen LogP contribution in [0.4, 0.5) is 4.79 Å². The average Bonchev–Trinajstić information content (AvgIpc) is 3.05. The van der Waals surface area contributed by atoms with Gasteiger partial charge in [-0.3, -0.25) is 10.1 Å². The second-order valence-electron chi connectivity index (χ2n) is 5.36. The zero-order valence-electron chi connectivity index (χ0n) is 10.8. The van der Waals surface area contributed by atoms with Crippen LogP contribution in [0.15, 0.2) is 0 Å². The summed E-state index contributed by atoms with van der Waals surface area (Å²) in [6, 6.07) is -0.354. The number of rotatable bonds is 5. The molecule has 0 aromatic rings. The SMILES string of the molecule is CC(NCC1CCN(C2CC2)C1)C(=O)NC(N)=O. The number of urea groups is 1. The van der Waals surface area contributed by atoms with Gasteiger partial charge in [-0.1, -0.05) is 0 Å². The molecule has 3 amide bonds. The van der Waals surface area contributed by atoms with Crippen molar-refractivity contribution < 1.29 is 9.59 Å². The summed E-state index contributed by atoms with van der Waals surface area (Å²) in [5.41, 5.74) is 4.90. The first kappa shape index (κ1) is 13.3. The van der Waals surface area contributed by atoms with Gasteiger partial charge in [0, 0.05) is 12.6 Å². The van der Waals surface area contributed by atoms with Crippen LogP contribution in [-0.2, 0) is 4.79 Å². The molecular formula is C12H22N4O2. The molecule has 0 spiro atoms. The Morgan fingerprint density at radius 1 is 1.39 bits per heavy atom. The summed E-state index contributed by atoms with van der Waals surface area (Å²) in [5, 5.41) is 5.25. The van der Waals surface area contributed by atoms with Crippen LogP contribution in [0.2, 0.25) is 0 Å². The Morgan fingerprint density at radius 2 is 2.11 bits per heavy atom. The number of hydrogen-bond acceptors (Lipinski definition) is 4. The predicted molar refractivity (Wildman–Crippen MR) is 67.9 cm³/mol. The van der Waals surface area contributed by atoms with Gasteiger partial charge in [0.25, 0.3) is 0 Å². The number of imide groups is 1. The molecule has 102 valence electrons. The zero-order valence-corrected chi connectivity index (χ0v) is 10.8. The van der Waals surface area contributed by atoms with Gasteiger partial charge in [0.2, 0.25) is 5.91 Å².